The van der Waals surface area contributed by atoms with E-state index in [0.717, 1.165) is 24.2 Å². The van der Waals surface area contributed by atoms with E-state index in [-0.39, 0.29) is 11.2 Å². The van der Waals surface area contributed by atoms with Crippen molar-refractivity contribution in [1.82, 2.24) is 4.57 Å². The van der Waals surface area contributed by atoms with Crippen molar-refractivity contribution in [3.63, 3.8) is 0 Å². The van der Waals surface area contributed by atoms with E-state index in [2.05, 4.69) is 46.1 Å². The summed E-state index contributed by atoms with van der Waals surface area (Å²) in [6, 6.07) is 2.04. The molecule has 0 radical (unpaired) electrons. The van der Waals surface area contributed by atoms with E-state index in [9.17, 15) is 4.79 Å². The molecule has 0 bridgehead atoms. The van der Waals surface area contributed by atoms with Crippen molar-refractivity contribution in [3.05, 3.63) is 23.0 Å². The average molecular weight is 235 g/mol. The molecule has 1 aromatic rings. The quantitative estimate of drug-likeness (QED) is 0.719. The lowest BCUT2D eigenvalue weighted by molar-refractivity contribution is 0.0939. The maximum atomic E-state index is 12.2. The molecule has 0 aliphatic rings. The van der Waals surface area contributed by atoms with Crippen LogP contribution in [0.5, 0.6) is 0 Å². The van der Waals surface area contributed by atoms with Gasteiger partial charge in [-0.05, 0) is 31.7 Å². The second-order valence-corrected chi connectivity index (χ2v) is 6.10. The van der Waals surface area contributed by atoms with Crippen LogP contribution in [0.1, 0.15) is 62.3 Å². The van der Waals surface area contributed by atoms with Crippen molar-refractivity contribution in [1.29, 1.82) is 0 Å². The molecule has 0 saturated heterocycles. The number of aryl methyl sites for hydroxylation is 1. The van der Waals surface area contributed by atoms with Gasteiger partial charge in [-0.3, -0.25) is 4.79 Å². The summed E-state index contributed by atoms with van der Waals surface area (Å²) in [6.45, 7) is 13.6. The van der Waals surface area contributed by atoms with Crippen molar-refractivity contribution in [2.45, 2.75) is 60.9 Å². The summed E-state index contributed by atoms with van der Waals surface area (Å²) >= 11 is 0. The van der Waals surface area contributed by atoms with E-state index >= 15 is 0 Å². The van der Waals surface area contributed by atoms with Crippen LogP contribution >= 0.6 is 0 Å². The number of nitrogens with zero attached hydrogens (tertiary/aromatic N) is 1. The molecule has 0 aromatic carbocycles. The van der Waals surface area contributed by atoms with Crippen LogP contribution in [-0.2, 0) is 6.54 Å². The molecule has 2 nitrogen and oxygen atoms in total. The van der Waals surface area contributed by atoms with Gasteiger partial charge in [-0.25, -0.2) is 0 Å². The predicted molar refractivity (Wildman–Crippen MR) is 72.6 cm³/mol. The van der Waals surface area contributed by atoms with E-state index in [1.807, 2.05) is 6.07 Å². The Labute approximate surface area is 105 Å². The standard InChI is InChI=1S/C15H25NO/c1-7-8-16-11(2)9-13(12(16)3)14(17)10-15(4,5)6/h9H,7-8,10H2,1-6H3. The third kappa shape index (κ3) is 3.45. The minimum absolute atomic E-state index is 0.0598. The third-order valence-corrected chi connectivity index (χ3v) is 3.01. The number of ketones is 1. The van der Waals surface area contributed by atoms with Gasteiger partial charge in [-0.15, -0.1) is 0 Å². The predicted octanol–water partition coefficient (Wildman–Crippen LogP) is 4.13. The van der Waals surface area contributed by atoms with Crippen molar-refractivity contribution in [2.24, 2.45) is 5.41 Å². The molecule has 1 rings (SSSR count). The highest BCUT2D eigenvalue weighted by molar-refractivity contribution is 5.97. The minimum atomic E-state index is 0.0598. The van der Waals surface area contributed by atoms with Gasteiger partial charge in [-0.1, -0.05) is 27.7 Å². The first-order chi connectivity index (χ1) is 7.76. The van der Waals surface area contributed by atoms with Gasteiger partial charge in [0, 0.05) is 29.9 Å². The van der Waals surface area contributed by atoms with Gasteiger partial charge in [0.15, 0.2) is 5.78 Å². The Morgan fingerprint density at radius 2 is 1.88 bits per heavy atom. The zero-order valence-electron chi connectivity index (χ0n) is 12.1. The van der Waals surface area contributed by atoms with E-state index in [4.69, 9.17) is 0 Å². The minimum Gasteiger partial charge on any atom is -0.348 e. The molecule has 0 N–H and O–H groups in total. The number of rotatable bonds is 4. The molecule has 0 saturated carbocycles. The highest BCUT2D eigenvalue weighted by atomic mass is 16.1. The third-order valence-electron chi connectivity index (χ3n) is 3.01. The summed E-state index contributed by atoms with van der Waals surface area (Å²) in [6.07, 6.45) is 1.71. The fourth-order valence-corrected chi connectivity index (χ4v) is 2.23. The first-order valence-electron chi connectivity index (χ1n) is 6.46. The van der Waals surface area contributed by atoms with Gasteiger partial charge in [0.1, 0.15) is 0 Å². The van der Waals surface area contributed by atoms with Crippen molar-refractivity contribution in [3.8, 4) is 0 Å². The normalized spacial score (nSPS) is 11.9. The fourth-order valence-electron chi connectivity index (χ4n) is 2.23. The summed E-state index contributed by atoms with van der Waals surface area (Å²) in [5, 5.41) is 0. The molecule has 0 spiro atoms. The van der Waals surface area contributed by atoms with Crippen LogP contribution in [-0.4, -0.2) is 10.4 Å². The molecule has 96 valence electrons. The number of aromatic nitrogens is 1. The summed E-state index contributed by atoms with van der Waals surface area (Å²) in [4.78, 5) is 12.2. The smallest absolute Gasteiger partial charge is 0.165 e. The first kappa shape index (κ1) is 14.0. The van der Waals surface area contributed by atoms with Gasteiger partial charge in [0.2, 0.25) is 0 Å². The highest BCUT2D eigenvalue weighted by Crippen LogP contribution is 2.24. The van der Waals surface area contributed by atoms with Gasteiger partial charge < -0.3 is 4.57 Å². The van der Waals surface area contributed by atoms with Crippen LogP contribution in [0.2, 0.25) is 0 Å². The van der Waals surface area contributed by atoms with Gasteiger partial charge in [0.05, 0.1) is 0 Å². The van der Waals surface area contributed by atoms with Crippen molar-refractivity contribution >= 4 is 5.78 Å². The second-order valence-electron chi connectivity index (χ2n) is 6.10. The molecule has 0 atom stereocenters. The monoisotopic (exact) mass is 235 g/mol. The molecule has 0 fully saturated rings. The molecule has 1 heterocycles. The summed E-state index contributed by atoms with van der Waals surface area (Å²) in [5.41, 5.74) is 3.29. The van der Waals surface area contributed by atoms with E-state index in [1.165, 1.54) is 5.69 Å². The highest BCUT2D eigenvalue weighted by Gasteiger charge is 2.21. The molecule has 2 heteroatoms. The van der Waals surface area contributed by atoms with E-state index in [1.54, 1.807) is 0 Å². The summed E-state index contributed by atoms with van der Waals surface area (Å²) < 4.78 is 2.25. The molecule has 17 heavy (non-hydrogen) atoms. The topological polar surface area (TPSA) is 22.0 Å². The lowest BCUT2D eigenvalue weighted by Crippen LogP contribution is -2.14. The van der Waals surface area contributed by atoms with Crippen LogP contribution in [0.4, 0.5) is 0 Å². The Hall–Kier alpha value is -1.05. The maximum absolute atomic E-state index is 12.2. The van der Waals surface area contributed by atoms with Crippen LogP contribution in [0, 0.1) is 19.3 Å². The summed E-state index contributed by atoms with van der Waals surface area (Å²) in [5.74, 6) is 0.271. The Kier molecular flexibility index (Phi) is 4.18. The maximum Gasteiger partial charge on any atom is 0.165 e. The molecule has 0 unspecified atom stereocenters. The van der Waals surface area contributed by atoms with E-state index in [0.29, 0.717) is 6.42 Å². The average Bonchev–Trinajstić information content (AvgIpc) is 2.43. The number of carbonyl (C=O) groups excluding carboxylic acids is 1. The first-order valence-corrected chi connectivity index (χ1v) is 6.46. The van der Waals surface area contributed by atoms with Crippen LogP contribution < -0.4 is 0 Å². The lowest BCUT2D eigenvalue weighted by Gasteiger charge is -2.16. The number of hydrogen-bond donors (Lipinski definition) is 0. The number of hydrogen-bond acceptors (Lipinski definition) is 1. The number of carbonyl (C=O) groups is 1. The fraction of sp³-hybridized carbons (Fsp3) is 0.667. The molecular weight excluding hydrogens is 210 g/mol. The van der Waals surface area contributed by atoms with Crippen LogP contribution in [0.15, 0.2) is 6.07 Å². The Bertz CT molecular complexity index is 407. The Balaban J connectivity index is 3.00. The van der Waals surface area contributed by atoms with Crippen molar-refractivity contribution < 1.29 is 4.79 Å². The lowest BCUT2D eigenvalue weighted by atomic mass is 9.88. The van der Waals surface area contributed by atoms with Gasteiger partial charge in [-0.2, -0.15) is 0 Å². The van der Waals surface area contributed by atoms with Gasteiger partial charge >= 0.3 is 0 Å². The van der Waals surface area contributed by atoms with Crippen molar-refractivity contribution in [2.75, 3.05) is 0 Å². The van der Waals surface area contributed by atoms with Crippen LogP contribution in [0.3, 0.4) is 0 Å². The Morgan fingerprint density at radius 3 is 2.35 bits per heavy atom. The molecule has 0 amide bonds. The molecule has 0 aliphatic carbocycles. The van der Waals surface area contributed by atoms with Gasteiger partial charge in [0.25, 0.3) is 0 Å². The number of Topliss-reactive ketones (excluding diaryl/α,β-unsaturated/α-hetero) is 1. The second kappa shape index (κ2) is 5.07. The molecule has 1 aromatic heterocycles. The van der Waals surface area contributed by atoms with Crippen LogP contribution in [0.25, 0.3) is 0 Å². The molecular formula is C15H25NO. The SMILES string of the molecule is CCCn1c(C)cc(C(=O)CC(C)(C)C)c1C. The largest absolute Gasteiger partial charge is 0.348 e. The zero-order valence-corrected chi connectivity index (χ0v) is 12.1. The zero-order chi connectivity index (χ0) is 13.2. The Morgan fingerprint density at radius 1 is 1.29 bits per heavy atom. The summed E-state index contributed by atoms with van der Waals surface area (Å²) in [7, 11) is 0. The van der Waals surface area contributed by atoms with E-state index < -0.39 is 0 Å². The molecule has 0 aliphatic heterocycles.